The standard InChI is InChI=1S/C30H35N3O5S/c1-37-27-12-14-28(15-13-27)39(35,36)33-26(19-24-9-3-4-11-29(24)33)21-38-22-30(34)31-25-10-7-8-23(18-25)20-32-16-5-2-6-17-32/h3-4,7-15,18,26H,2,5-6,16-17,19-22H2,1H3,(H,31,34). The van der Waals surface area contributed by atoms with E-state index < -0.39 is 16.1 Å². The van der Waals surface area contributed by atoms with E-state index in [1.54, 1.807) is 30.3 Å². The Hall–Kier alpha value is -3.40. The summed E-state index contributed by atoms with van der Waals surface area (Å²) in [5.74, 6) is 0.309. The SMILES string of the molecule is COc1ccc(S(=O)(=O)N2c3ccccc3CC2COCC(=O)Nc2cccc(CN3CCCCC3)c2)cc1. The van der Waals surface area contributed by atoms with Crippen molar-refractivity contribution in [3.8, 4) is 5.75 Å². The van der Waals surface area contributed by atoms with Gasteiger partial charge in [0.15, 0.2) is 0 Å². The van der Waals surface area contributed by atoms with Crippen molar-refractivity contribution in [2.24, 2.45) is 0 Å². The number of carbonyl (C=O) groups is 1. The molecule has 5 rings (SSSR count). The number of rotatable bonds is 10. The summed E-state index contributed by atoms with van der Waals surface area (Å²) in [5.41, 5.74) is 3.46. The molecule has 39 heavy (non-hydrogen) atoms. The molecule has 1 N–H and O–H groups in total. The maximum absolute atomic E-state index is 13.7. The van der Waals surface area contributed by atoms with Crippen molar-refractivity contribution in [2.45, 2.75) is 43.2 Å². The largest absolute Gasteiger partial charge is 0.497 e. The Labute approximate surface area is 230 Å². The second-order valence-corrected chi connectivity index (χ2v) is 11.9. The summed E-state index contributed by atoms with van der Waals surface area (Å²) >= 11 is 0. The van der Waals surface area contributed by atoms with Crippen molar-refractivity contribution in [1.29, 1.82) is 0 Å². The third-order valence-corrected chi connectivity index (χ3v) is 9.12. The number of ether oxygens (including phenoxy) is 2. The lowest BCUT2D eigenvalue weighted by Gasteiger charge is -2.27. The minimum Gasteiger partial charge on any atom is -0.497 e. The molecule has 2 heterocycles. The van der Waals surface area contributed by atoms with Gasteiger partial charge in [0.05, 0.1) is 30.3 Å². The topological polar surface area (TPSA) is 88.2 Å². The number of fused-ring (bicyclic) bond motifs is 1. The first kappa shape index (κ1) is 27.2. The summed E-state index contributed by atoms with van der Waals surface area (Å²) in [5, 5.41) is 2.91. The molecule has 0 radical (unpaired) electrons. The van der Waals surface area contributed by atoms with Gasteiger partial charge in [0.2, 0.25) is 5.91 Å². The van der Waals surface area contributed by atoms with Gasteiger partial charge in [-0.05, 0) is 85.9 Å². The number of likely N-dealkylation sites (tertiary alicyclic amines) is 1. The van der Waals surface area contributed by atoms with Crippen LogP contribution in [0.3, 0.4) is 0 Å². The molecule has 2 aliphatic heterocycles. The van der Waals surface area contributed by atoms with Gasteiger partial charge in [0, 0.05) is 12.2 Å². The Balaban J connectivity index is 1.21. The zero-order valence-electron chi connectivity index (χ0n) is 22.2. The Kier molecular flexibility index (Phi) is 8.50. The fraction of sp³-hybridized carbons (Fsp3) is 0.367. The molecule has 0 aliphatic carbocycles. The highest BCUT2D eigenvalue weighted by molar-refractivity contribution is 7.92. The van der Waals surface area contributed by atoms with Crippen LogP contribution in [0.5, 0.6) is 5.75 Å². The van der Waals surface area contributed by atoms with Crippen LogP contribution in [0.1, 0.15) is 30.4 Å². The summed E-state index contributed by atoms with van der Waals surface area (Å²) in [4.78, 5) is 15.3. The predicted molar refractivity (Wildman–Crippen MR) is 152 cm³/mol. The molecule has 1 amide bonds. The molecular weight excluding hydrogens is 514 g/mol. The highest BCUT2D eigenvalue weighted by Gasteiger charge is 2.38. The fourth-order valence-electron chi connectivity index (χ4n) is 5.35. The van der Waals surface area contributed by atoms with E-state index >= 15 is 0 Å². The van der Waals surface area contributed by atoms with Crippen molar-refractivity contribution < 1.29 is 22.7 Å². The Morgan fingerprint density at radius 2 is 1.74 bits per heavy atom. The van der Waals surface area contributed by atoms with E-state index in [0.29, 0.717) is 17.9 Å². The number of nitrogens with one attached hydrogen (secondary N) is 1. The lowest BCUT2D eigenvalue weighted by atomic mass is 10.1. The summed E-state index contributed by atoms with van der Waals surface area (Å²) in [6.45, 7) is 3.02. The number of anilines is 2. The quantitative estimate of drug-likeness (QED) is 0.402. The van der Waals surface area contributed by atoms with Crippen molar-refractivity contribution >= 4 is 27.3 Å². The summed E-state index contributed by atoms with van der Waals surface area (Å²) < 4.78 is 39.7. The van der Waals surface area contributed by atoms with Crippen LogP contribution in [0.25, 0.3) is 0 Å². The predicted octanol–water partition coefficient (Wildman–Crippen LogP) is 4.46. The highest BCUT2D eigenvalue weighted by Crippen LogP contribution is 2.37. The van der Waals surface area contributed by atoms with Gasteiger partial charge >= 0.3 is 0 Å². The molecule has 1 unspecified atom stereocenters. The van der Waals surface area contributed by atoms with E-state index in [4.69, 9.17) is 9.47 Å². The molecule has 0 bridgehead atoms. The van der Waals surface area contributed by atoms with Gasteiger partial charge in [-0.25, -0.2) is 8.42 Å². The van der Waals surface area contributed by atoms with Crippen molar-refractivity contribution in [3.05, 3.63) is 83.9 Å². The Bertz CT molecular complexity index is 1390. The molecule has 1 atom stereocenters. The molecule has 1 saturated heterocycles. The molecule has 0 aromatic heterocycles. The lowest BCUT2D eigenvalue weighted by Crippen LogP contribution is -2.41. The van der Waals surface area contributed by atoms with Gasteiger partial charge in [-0.2, -0.15) is 0 Å². The van der Waals surface area contributed by atoms with Crippen LogP contribution >= 0.6 is 0 Å². The highest BCUT2D eigenvalue weighted by atomic mass is 32.2. The first-order chi connectivity index (χ1) is 18.9. The minimum absolute atomic E-state index is 0.0898. The molecule has 8 nitrogen and oxygen atoms in total. The number of hydrogen-bond acceptors (Lipinski definition) is 6. The van der Waals surface area contributed by atoms with Crippen molar-refractivity contribution in [2.75, 3.05) is 43.0 Å². The van der Waals surface area contributed by atoms with Crippen LogP contribution < -0.4 is 14.4 Å². The number of benzene rings is 3. The van der Waals surface area contributed by atoms with E-state index in [1.807, 2.05) is 36.4 Å². The first-order valence-corrected chi connectivity index (χ1v) is 14.8. The average molecular weight is 550 g/mol. The number of carbonyl (C=O) groups excluding carboxylic acids is 1. The second kappa shape index (κ2) is 12.2. The van der Waals surface area contributed by atoms with Gasteiger partial charge in [0.25, 0.3) is 10.0 Å². The van der Waals surface area contributed by atoms with Gasteiger partial charge in [-0.3, -0.25) is 14.0 Å². The maximum Gasteiger partial charge on any atom is 0.264 e. The van der Waals surface area contributed by atoms with Crippen LogP contribution in [0.2, 0.25) is 0 Å². The third-order valence-electron chi connectivity index (χ3n) is 7.24. The monoisotopic (exact) mass is 549 g/mol. The Morgan fingerprint density at radius 3 is 2.51 bits per heavy atom. The normalized spacial score (nSPS) is 17.6. The maximum atomic E-state index is 13.7. The summed E-state index contributed by atoms with van der Waals surface area (Å²) in [6.07, 6.45) is 4.27. The first-order valence-electron chi connectivity index (χ1n) is 13.4. The van der Waals surface area contributed by atoms with Gasteiger partial charge < -0.3 is 14.8 Å². The van der Waals surface area contributed by atoms with Gasteiger partial charge in [-0.1, -0.05) is 36.8 Å². The number of piperidine rings is 1. The second-order valence-electron chi connectivity index (χ2n) is 10.1. The van der Waals surface area contributed by atoms with E-state index in [0.717, 1.165) is 30.9 Å². The van der Waals surface area contributed by atoms with E-state index in [1.165, 1.54) is 36.2 Å². The van der Waals surface area contributed by atoms with Crippen molar-refractivity contribution in [3.63, 3.8) is 0 Å². The minimum atomic E-state index is -3.85. The molecule has 1 fully saturated rings. The molecule has 0 spiro atoms. The average Bonchev–Trinajstić information content (AvgIpc) is 3.33. The van der Waals surface area contributed by atoms with Crippen LogP contribution in [0.4, 0.5) is 11.4 Å². The molecule has 3 aromatic rings. The third kappa shape index (κ3) is 6.43. The molecular formula is C30H35N3O5S. The Morgan fingerprint density at radius 1 is 0.974 bits per heavy atom. The van der Waals surface area contributed by atoms with E-state index in [-0.39, 0.29) is 24.0 Å². The number of hydrogen-bond donors (Lipinski definition) is 1. The van der Waals surface area contributed by atoms with E-state index in [2.05, 4.69) is 16.3 Å². The molecule has 206 valence electrons. The van der Waals surface area contributed by atoms with Gasteiger partial charge in [0.1, 0.15) is 12.4 Å². The molecule has 3 aromatic carbocycles. The van der Waals surface area contributed by atoms with Crippen LogP contribution in [-0.4, -0.2) is 58.7 Å². The number of amides is 1. The van der Waals surface area contributed by atoms with Crippen LogP contribution in [0, 0.1) is 0 Å². The smallest absolute Gasteiger partial charge is 0.264 e. The van der Waals surface area contributed by atoms with Crippen LogP contribution in [0.15, 0.2) is 77.7 Å². The molecule has 0 saturated carbocycles. The van der Waals surface area contributed by atoms with E-state index in [9.17, 15) is 13.2 Å². The fourth-order valence-corrected chi connectivity index (χ4v) is 7.03. The van der Waals surface area contributed by atoms with Crippen LogP contribution in [-0.2, 0) is 32.5 Å². The lowest BCUT2D eigenvalue weighted by molar-refractivity contribution is -0.120. The molecule has 2 aliphatic rings. The molecule has 9 heteroatoms. The summed E-state index contributed by atoms with van der Waals surface area (Å²) in [7, 11) is -2.31. The van der Waals surface area contributed by atoms with Gasteiger partial charge in [-0.15, -0.1) is 0 Å². The van der Waals surface area contributed by atoms with Crippen molar-refractivity contribution in [1.82, 2.24) is 4.90 Å². The zero-order chi connectivity index (χ0) is 27.2. The number of nitrogens with zero attached hydrogens (tertiary/aromatic N) is 2. The summed E-state index contributed by atoms with van der Waals surface area (Å²) in [6, 6.07) is 21.2. The number of para-hydroxylation sites is 1. The number of methoxy groups -OCH3 is 1. The zero-order valence-corrected chi connectivity index (χ0v) is 23.0. The number of sulfonamides is 1.